The third kappa shape index (κ3) is 4.69. The Hall–Kier alpha value is -1.25. The Labute approximate surface area is 123 Å². The number of sulfonamides is 1. The summed E-state index contributed by atoms with van der Waals surface area (Å²) < 4.78 is 25.2. The summed E-state index contributed by atoms with van der Waals surface area (Å²) in [5.74, 6) is -0.0646. The molecule has 112 valence electrons. The van der Waals surface area contributed by atoms with Crippen LogP contribution in [0.2, 0.25) is 5.28 Å². The Morgan fingerprint density at radius 1 is 1.40 bits per heavy atom. The van der Waals surface area contributed by atoms with Crippen LogP contribution in [0.4, 0.5) is 0 Å². The molecule has 20 heavy (non-hydrogen) atoms. The first-order chi connectivity index (χ1) is 9.23. The van der Waals surface area contributed by atoms with Gasteiger partial charge in [0.05, 0.1) is 18.9 Å². The number of carbonyl (C=O) groups is 1. The highest BCUT2D eigenvalue weighted by Crippen LogP contribution is 2.12. The van der Waals surface area contributed by atoms with E-state index in [1.54, 1.807) is 0 Å². The number of rotatable bonds is 6. The molecule has 0 spiro atoms. The molecule has 9 heteroatoms. The molecular weight excluding hydrogens is 304 g/mol. The zero-order chi connectivity index (χ0) is 15.3. The molecule has 1 amide bonds. The summed E-state index contributed by atoms with van der Waals surface area (Å²) in [4.78, 5) is 18.7. The zero-order valence-corrected chi connectivity index (χ0v) is 13.1. The lowest BCUT2D eigenvalue weighted by molar-refractivity contribution is -0.121. The van der Waals surface area contributed by atoms with Crippen molar-refractivity contribution in [1.29, 1.82) is 0 Å². The molecule has 0 aliphatic carbocycles. The molecule has 1 N–H and O–H groups in total. The summed E-state index contributed by atoms with van der Waals surface area (Å²) in [6.45, 7) is 4.13. The summed E-state index contributed by atoms with van der Waals surface area (Å²) in [6, 6.07) is 0. The van der Waals surface area contributed by atoms with Gasteiger partial charge in [-0.3, -0.25) is 4.79 Å². The average molecular weight is 321 g/mol. The summed E-state index contributed by atoms with van der Waals surface area (Å²) >= 11 is 5.50. The number of aromatic nitrogens is 2. The van der Waals surface area contributed by atoms with Gasteiger partial charge < -0.3 is 5.32 Å². The predicted molar refractivity (Wildman–Crippen MR) is 74.7 cm³/mol. The van der Waals surface area contributed by atoms with Gasteiger partial charge in [-0.1, -0.05) is 13.8 Å². The van der Waals surface area contributed by atoms with Crippen LogP contribution in [0.5, 0.6) is 0 Å². The maximum atomic E-state index is 12.1. The summed E-state index contributed by atoms with van der Waals surface area (Å²) in [6.07, 6.45) is 2.21. The summed E-state index contributed by atoms with van der Waals surface area (Å²) in [5.41, 5.74) is 0. The molecule has 0 aromatic carbocycles. The minimum Gasteiger partial charge on any atom is -0.355 e. The lowest BCUT2D eigenvalue weighted by Crippen LogP contribution is -2.39. The molecule has 7 nitrogen and oxygen atoms in total. The van der Waals surface area contributed by atoms with E-state index in [0.717, 1.165) is 16.7 Å². The fourth-order valence-corrected chi connectivity index (χ4v) is 2.39. The number of halogens is 1. The molecule has 0 saturated carbocycles. The van der Waals surface area contributed by atoms with Crippen LogP contribution in [0.15, 0.2) is 17.3 Å². The van der Waals surface area contributed by atoms with Gasteiger partial charge in [0.2, 0.25) is 21.2 Å². The zero-order valence-electron chi connectivity index (χ0n) is 11.5. The van der Waals surface area contributed by atoms with Crippen LogP contribution in [0.3, 0.4) is 0 Å². The van der Waals surface area contributed by atoms with E-state index in [1.807, 2.05) is 13.8 Å². The highest BCUT2D eigenvalue weighted by atomic mass is 35.5. The van der Waals surface area contributed by atoms with Crippen LogP contribution in [0, 0.1) is 5.92 Å². The lowest BCUT2D eigenvalue weighted by atomic mass is 10.2. The van der Waals surface area contributed by atoms with Gasteiger partial charge in [-0.25, -0.2) is 18.4 Å². The van der Waals surface area contributed by atoms with Crippen molar-refractivity contribution >= 4 is 27.5 Å². The van der Waals surface area contributed by atoms with Crippen LogP contribution in [-0.4, -0.2) is 48.7 Å². The molecule has 0 aliphatic heterocycles. The molecule has 0 aliphatic rings. The SMILES string of the molecule is CC(C)CNC(=O)CN(C)S(=O)(=O)c1cnc(Cl)nc1. The minimum atomic E-state index is -3.80. The smallest absolute Gasteiger partial charge is 0.246 e. The van der Waals surface area contributed by atoms with Gasteiger partial charge >= 0.3 is 0 Å². The fraction of sp³-hybridized carbons (Fsp3) is 0.545. The Bertz CT molecular complexity index is 560. The number of amides is 1. The van der Waals surface area contributed by atoms with Crippen molar-refractivity contribution in [2.75, 3.05) is 20.1 Å². The Balaban J connectivity index is 2.72. The van der Waals surface area contributed by atoms with Crippen LogP contribution in [-0.2, 0) is 14.8 Å². The van der Waals surface area contributed by atoms with Gasteiger partial charge in [-0.05, 0) is 17.5 Å². The van der Waals surface area contributed by atoms with E-state index in [9.17, 15) is 13.2 Å². The molecule has 0 atom stereocenters. The van der Waals surface area contributed by atoms with Crippen LogP contribution in [0.25, 0.3) is 0 Å². The van der Waals surface area contributed by atoms with E-state index in [0.29, 0.717) is 12.5 Å². The number of likely N-dealkylation sites (N-methyl/N-ethyl adjacent to an activating group) is 1. The summed E-state index contributed by atoms with van der Waals surface area (Å²) in [7, 11) is -2.48. The van der Waals surface area contributed by atoms with E-state index in [1.165, 1.54) is 7.05 Å². The van der Waals surface area contributed by atoms with Gasteiger partial charge in [0.15, 0.2) is 0 Å². The van der Waals surface area contributed by atoms with Gasteiger partial charge in [-0.2, -0.15) is 4.31 Å². The van der Waals surface area contributed by atoms with Crippen molar-refractivity contribution in [2.24, 2.45) is 5.92 Å². The average Bonchev–Trinajstić information content (AvgIpc) is 2.36. The quantitative estimate of drug-likeness (QED) is 0.772. The van der Waals surface area contributed by atoms with E-state index in [2.05, 4.69) is 15.3 Å². The van der Waals surface area contributed by atoms with E-state index in [4.69, 9.17) is 11.6 Å². The number of hydrogen-bond acceptors (Lipinski definition) is 5. The van der Waals surface area contributed by atoms with Crippen LogP contribution in [0.1, 0.15) is 13.8 Å². The van der Waals surface area contributed by atoms with Crippen molar-refractivity contribution in [3.8, 4) is 0 Å². The molecule has 1 aromatic rings. The molecule has 0 saturated heterocycles. The predicted octanol–water partition coefficient (Wildman–Crippen LogP) is 0.523. The third-order valence-electron chi connectivity index (χ3n) is 2.38. The van der Waals surface area contributed by atoms with Gasteiger partial charge in [0.25, 0.3) is 0 Å². The number of nitrogens with one attached hydrogen (secondary N) is 1. The Kier molecular flexibility index (Phi) is 5.85. The number of nitrogens with zero attached hydrogens (tertiary/aromatic N) is 3. The first kappa shape index (κ1) is 16.8. The third-order valence-corrected chi connectivity index (χ3v) is 4.33. The molecule has 1 rings (SSSR count). The van der Waals surface area contributed by atoms with Crippen LogP contribution < -0.4 is 5.32 Å². The van der Waals surface area contributed by atoms with E-state index in [-0.39, 0.29) is 22.6 Å². The second-order valence-electron chi connectivity index (χ2n) is 4.65. The van der Waals surface area contributed by atoms with Crippen molar-refractivity contribution in [3.05, 3.63) is 17.7 Å². The van der Waals surface area contributed by atoms with Gasteiger partial charge in [0.1, 0.15) is 4.90 Å². The van der Waals surface area contributed by atoms with Crippen molar-refractivity contribution in [1.82, 2.24) is 19.6 Å². The normalized spacial score (nSPS) is 11.9. The number of hydrogen-bond donors (Lipinski definition) is 1. The minimum absolute atomic E-state index is 0.0405. The van der Waals surface area contributed by atoms with E-state index >= 15 is 0 Å². The lowest BCUT2D eigenvalue weighted by Gasteiger charge is -2.16. The highest BCUT2D eigenvalue weighted by molar-refractivity contribution is 7.89. The molecule has 0 radical (unpaired) electrons. The molecule has 0 bridgehead atoms. The Morgan fingerprint density at radius 3 is 2.45 bits per heavy atom. The van der Waals surface area contributed by atoms with Gasteiger partial charge in [-0.15, -0.1) is 0 Å². The highest BCUT2D eigenvalue weighted by Gasteiger charge is 2.23. The molecule has 1 heterocycles. The van der Waals surface area contributed by atoms with Crippen molar-refractivity contribution < 1.29 is 13.2 Å². The summed E-state index contributed by atoms with van der Waals surface area (Å²) in [5, 5.41) is 2.61. The first-order valence-corrected chi connectivity index (χ1v) is 7.76. The second kappa shape index (κ2) is 6.96. The number of carbonyl (C=O) groups excluding carboxylic acids is 1. The van der Waals surface area contributed by atoms with Crippen molar-refractivity contribution in [3.63, 3.8) is 0 Å². The standard InChI is InChI=1S/C11H17ClN4O3S/c1-8(2)4-13-10(17)7-16(3)20(18,19)9-5-14-11(12)15-6-9/h5-6,8H,4,7H2,1-3H3,(H,13,17). The molecular formula is C11H17ClN4O3S. The fourth-order valence-electron chi connectivity index (χ4n) is 1.27. The molecule has 0 unspecified atom stereocenters. The maximum absolute atomic E-state index is 12.1. The van der Waals surface area contributed by atoms with Crippen molar-refractivity contribution in [2.45, 2.75) is 18.7 Å². The topological polar surface area (TPSA) is 92.3 Å². The Morgan fingerprint density at radius 2 is 1.95 bits per heavy atom. The first-order valence-electron chi connectivity index (χ1n) is 5.94. The maximum Gasteiger partial charge on any atom is 0.246 e. The monoisotopic (exact) mass is 320 g/mol. The molecule has 0 fully saturated rings. The molecule has 1 aromatic heterocycles. The largest absolute Gasteiger partial charge is 0.355 e. The van der Waals surface area contributed by atoms with Crippen LogP contribution >= 0.6 is 11.6 Å². The second-order valence-corrected chi connectivity index (χ2v) is 7.03. The van der Waals surface area contributed by atoms with E-state index < -0.39 is 10.0 Å². The van der Waals surface area contributed by atoms with Gasteiger partial charge in [0, 0.05) is 13.6 Å².